The second-order valence-electron chi connectivity index (χ2n) is 4.98. The van der Waals surface area contributed by atoms with Crippen LogP contribution in [0.1, 0.15) is 5.56 Å². The van der Waals surface area contributed by atoms with E-state index in [0.717, 1.165) is 16.8 Å². The quantitative estimate of drug-likeness (QED) is 0.650. The van der Waals surface area contributed by atoms with E-state index in [1.54, 1.807) is 0 Å². The molecule has 0 aliphatic heterocycles. The first-order valence-corrected chi connectivity index (χ1v) is 6.76. The molecule has 0 bridgehead atoms. The number of benzene rings is 3. The van der Waals surface area contributed by atoms with Crippen LogP contribution in [-0.2, 0) is 0 Å². The molecule has 3 rings (SSSR count). The molecule has 0 amide bonds. The third-order valence-electron chi connectivity index (χ3n) is 3.61. The molecule has 0 aromatic heterocycles. The Morgan fingerprint density at radius 3 is 1.70 bits per heavy atom. The van der Waals surface area contributed by atoms with Crippen molar-refractivity contribution in [1.82, 2.24) is 0 Å². The molecule has 0 atom stereocenters. The number of hydrogen-bond donors (Lipinski definition) is 1. The van der Waals surface area contributed by atoms with E-state index < -0.39 is 0 Å². The lowest BCUT2D eigenvalue weighted by Gasteiger charge is -2.09. The standard InChI is InChI=1S/C19H17N/c1-14-6-2-3-7-17(14)15-10-12-16(13-11-15)18-8-4-5-9-19(18)20/h2-13H,20H2,1H3. The predicted molar refractivity (Wildman–Crippen MR) is 86.5 cm³/mol. The third-order valence-corrected chi connectivity index (χ3v) is 3.61. The SMILES string of the molecule is Cc1ccccc1-c1ccc(-c2ccccc2N)cc1. The molecule has 2 N–H and O–H groups in total. The molecule has 3 aromatic carbocycles. The number of para-hydroxylation sites is 1. The van der Waals surface area contributed by atoms with Gasteiger partial charge in [-0.2, -0.15) is 0 Å². The molecule has 0 radical (unpaired) electrons. The van der Waals surface area contributed by atoms with E-state index >= 15 is 0 Å². The zero-order chi connectivity index (χ0) is 13.9. The van der Waals surface area contributed by atoms with Gasteiger partial charge in [-0.1, -0.05) is 66.7 Å². The topological polar surface area (TPSA) is 26.0 Å². The van der Waals surface area contributed by atoms with E-state index in [4.69, 9.17) is 5.73 Å². The summed E-state index contributed by atoms with van der Waals surface area (Å²) in [5, 5.41) is 0. The molecule has 1 nitrogen and oxygen atoms in total. The maximum atomic E-state index is 6.03. The first kappa shape index (κ1) is 12.5. The Morgan fingerprint density at radius 2 is 1.10 bits per heavy atom. The zero-order valence-corrected chi connectivity index (χ0v) is 11.5. The monoisotopic (exact) mass is 259 g/mol. The lowest BCUT2D eigenvalue weighted by molar-refractivity contribution is 1.46. The number of hydrogen-bond acceptors (Lipinski definition) is 1. The van der Waals surface area contributed by atoms with Crippen LogP contribution in [0.15, 0.2) is 72.8 Å². The number of aryl methyl sites for hydroxylation is 1. The summed E-state index contributed by atoms with van der Waals surface area (Å²) < 4.78 is 0. The first-order valence-electron chi connectivity index (χ1n) is 6.76. The first-order chi connectivity index (χ1) is 9.75. The Labute approximate surface area is 119 Å². The minimum atomic E-state index is 0.816. The van der Waals surface area contributed by atoms with Crippen molar-refractivity contribution in [3.63, 3.8) is 0 Å². The Hall–Kier alpha value is -2.54. The van der Waals surface area contributed by atoms with Crippen LogP contribution in [0.2, 0.25) is 0 Å². The van der Waals surface area contributed by atoms with Crippen molar-refractivity contribution >= 4 is 5.69 Å². The van der Waals surface area contributed by atoms with E-state index in [1.807, 2.05) is 18.2 Å². The summed E-state index contributed by atoms with van der Waals surface area (Å²) in [6.45, 7) is 2.14. The van der Waals surface area contributed by atoms with Gasteiger partial charge in [-0.15, -0.1) is 0 Å². The van der Waals surface area contributed by atoms with Gasteiger partial charge in [-0.05, 0) is 35.2 Å². The Bertz CT molecular complexity index is 662. The van der Waals surface area contributed by atoms with Crippen molar-refractivity contribution in [2.45, 2.75) is 6.92 Å². The fourth-order valence-corrected chi connectivity index (χ4v) is 2.49. The molecule has 0 aliphatic carbocycles. The van der Waals surface area contributed by atoms with E-state index in [-0.39, 0.29) is 0 Å². The summed E-state index contributed by atoms with van der Waals surface area (Å²) in [5.74, 6) is 0. The van der Waals surface area contributed by atoms with Crippen molar-refractivity contribution in [3.8, 4) is 22.3 Å². The summed E-state index contributed by atoms with van der Waals surface area (Å²) in [5.41, 5.74) is 12.9. The largest absolute Gasteiger partial charge is 0.398 e. The predicted octanol–water partition coefficient (Wildman–Crippen LogP) is 4.91. The molecule has 1 heteroatoms. The van der Waals surface area contributed by atoms with E-state index in [1.165, 1.54) is 16.7 Å². The average Bonchev–Trinajstić information content (AvgIpc) is 2.49. The molecule has 98 valence electrons. The van der Waals surface area contributed by atoms with Crippen molar-refractivity contribution in [1.29, 1.82) is 0 Å². The maximum Gasteiger partial charge on any atom is 0.0393 e. The Morgan fingerprint density at radius 1 is 0.600 bits per heavy atom. The summed E-state index contributed by atoms with van der Waals surface area (Å²) in [7, 11) is 0. The van der Waals surface area contributed by atoms with Crippen LogP contribution in [-0.4, -0.2) is 0 Å². The molecule has 20 heavy (non-hydrogen) atoms. The molecule has 0 fully saturated rings. The molecule has 0 saturated heterocycles. The van der Waals surface area contributed by atoms with Crippen LogP contribution in [0.5, 0.6) is 0 Å². The van der Waals surface area contributed by atoms with Gasteiger partial charge < -0.3 is 5.73 Å². The molecular formula is C19H17N. The van der Waals surface area contributed by atoms with Gasteiger partial charge in [0.1, 0.15) is 0 Å². The minimum absolute atomic E-state index is 0.816. The zero-order valence-electron chi connectivity index (χ0n) is 11.5. The van der Waals surface area contributed by atoms with Gasteiger partial charge in [0, 0.05) is 11.3 Å². The van der Waals surface area contributed by atoms with E-state index in [2.05, 4.69) is 61.5 Å². The van der Waals surface area contributed by atoms with Gasteiger partial charge >= 0.3 is 0 Å². The Balaban J connectivity index is 2.01. The van der Waals surface area contributed by atoms with Crippen molar-refractivity contribution < 1.29 is 0 Å². The number of anilines is 1. The number of rotatable bonds is 2. The van der Waals surface area contributed by atoms with Crippen LogP contribution in [0.25, 0.3) is 22.3 Å². The molecule has 0 heterocycles. The highest BCUT2D eigenvalue weighted by Crippen LogP contribution is 2.29. The van der Waals surface area contributed by atoms with Gasteiger partial charge in [0.25, 0.3) is 0 Å². The maximum absolute atomic E-state index is 6.03. The normalized spacial score (nSPS) is 10.4. The van der Waals surface area contributed by atoms with Crippen LogP contribution in [0, 0.1) is 6.92 Å². The van der Waals surface area contributed by atoms with Gasteiger partial charge in [0.05, 0.1) is 0 Å². The fourth-order valence-electron chi connectivity index (χ4n) is 2.49. The second kappa shape index (κ2) is 5.22. The minimum Gasteiger partial charge on any atom is -0.398 e. The highest BCUT2D eigenvalue weighted by molar-refractivity contribution is 5.78. The van der Waals surface area contributed by atoms with E-state index in [0.29, 0.717) is 0 Å². The van der Waals surface area contributed by atoms with Crippen LogP contribution in [0.3, 0.4) is 0 Å². The van der Waals surface area contributed by atoms with Crippen molar-refractivity contribution in [2.24, 2.45) is 0 Å². The summed E-state index contributed by atoms with van der Waals surface area (Å²) in [6, 6.07) is 25.0. The van der Waals surface area contributed by atoms with Gasteiger partial charge in [-0.25, -0.2) is 0 Å². The van der Waals surface area contributed by atoms with Gasteiger partial charge in [0.15, 0.2) is 0 Å². The second-order valence-corrected chi connectivity index (χ2v) is 4.98. The fraction of sp³-hybridized carbons (Fsp3) is 0.0526. The highest BCUT2D eigenvalue weighted by atomic mass is 14.6. The average molecular weight is 259 g/mol. The van der Waals surface area contributed by atoms with Crippen LogP contribution < -0.4 is 5.73 Å². The van der Waals surface area contributed by atoms with Gasteiger partial charge in [0.2, 0.25) is 0 Å². The Kier molecular flexibility index (Phi) is 3.26. The molecule has 0 saturated carbocycles. The molecule has 0 aliphatic rings. The van der Waals surface area contributed by atoms with Crippen molar-refractivity contribution in [2.75, 3.05) is 5.73 Å². The molecule has 0 spiro atoms. The smallest absolute Gasteiger partial charge is 0.0393 e. The lowest BCUT2D eigenvalue weighted by Crippen LogP contribution is -1.89. The van der Waals surface area contributed by atoms with Gasteiger partial charge in [-0.3, -0.25) is 0 Å². The lowest BCUT2D eigenvalue weighted by atomic mass is 9.97. The number of nitrogen functional groups attached to an aromatic ring is 1. The van der Waals surface area contributed by atoms with Crippen molar-refractivity contribution in [3.05, 3.63) is 78.4 Å². The summed E-state index contributed by atoms with van der Waals surface area (Å²) in [6.07, 6.45) is 0. The molecule has 3 aromatic rings. The third kappa shape index (κ3) is 2.30. The van der Waals surface area contributed by atoms with Crippen LogP contribution >= 0.6 is 0 Å². The summed E-state index contributed by atoms with van der Waals surface area (Å²) >= 11 is 0. The van der Waals surface area contributed by atoms with E-state index in [9.17, 15) is 0 Å². The highest BCUT2D eigenvalue weighted by Gasteiger charge is 2.04. The molecule has 0 unspecified atom stereocenters. The number of nitrogens with two attached hydrogens (primary N) is 1. The summed E-state index contributed by atoms with van der Waals surface area (Å²) in [4.78, 5) is 0. The molecular weight excluding hydrogens is 242 g/mol. The van der Waals surface area contributed by atoms with Crippen LogP contribution in [0.4, 0.5) is 5.69 Å².